The van der Waals surface area contributed by atoms with Gasteiger partial charge in [-0.25, -0.2) is 0 Å². The van der Waals surface area contributed by atoms with E-state index in [0.29, 0.717) is 15.2 Å². The molecule has 3 N–H and O–H groups in total. The van der Waals surface area contributed by atoms with Gasteiger partial charge in [-0.15, -0.1) is 10.2 Å². The molecular formula is C14H12ClN3OS. The van der Waals surface area contributed by atoms with Crippen molar-refractivity contribution in [3.63, 3.8) is 0 Å². The van der Waals surface area contributed by atoms with E-state index in [9.17, 15) is 5.11 Å². The van der Waals surface area contributed by atoms with Crippen molar-refractivity contribution in [3.8, 4) is 0 Å². The summed E-state index contributed by atoms with van der Waals surface area (Å²) in [6.45, 7) is 0. The minimum atomic E-state index is 0.288. The van der Waals surface area contributed by atoms with Crippen molar-refractivity contribution in [2.24, 2.45) is 0 Å². The summed E-state index contributed by atoms with van der Waals surface area (Å²) in [5.74, 6) is 0.288. The molecule has 0 aliphatic heterocycles. The molecule has 4 nitrogen and oxygen atoms in total. The van der Waals surface area contributed by atoms with Gasteiger partial charge in [0.1, 0.15) is 10.8 Å². The van der Waals surface area contributed by atoms with Crippen LogP contribution < -0.4 is 5.73 Å². The van der Waals surface area contributed by atoms with Crippen LogP contribution >= 0.6 is 22.9 Å². The Labute approximate surface area is 125 Å². The molecule has 0 radical (unpaired) electrons. The predicted molar refractivity (Wildman–Crippen MR) is 82.5 cm³/mol. The summed E-state index contributed by atoms with van der Waals surface area (Å²) in [7, 11) is 0. The number of aromatic nitrogens is 2. The lowest BCUT2D eigenvalue weighted by Crippen LogP contribution is -1.85. The first-order valence-electron chi connectivity index (χ1n) is 6.11. The fourth-order valence-corrected chi connectivity index (χ4v) is 2.97. The Bertz CT molecular complexity index is 703. The number of hydrogen-bond acceptors (Lipinski definition) is 5. The molecule has 1 aromatic carbocycles. The van der Waals surface area contributed by atoms with Gasteiger partial charge >= 0.3 is 0 Å². The zero-order valence-electron chi connectivity index (χ0n) is 10.5. The predicted octanol–water partition coefficient (Wildman–Crippen LogP) is 3.92. The highest BCUT2D eigenvalue weighted by atomic mass is 35.5. The van der Waals surface area contributed by atoms with Crippen molar-refractivity contribution in [1.29, 1.82) is 0 Å². The van der Waals surface area contributed by atoms with Gasteiger partial charge in [0.05, 0.1) is 0 Å². The molecule has 2 aromatic rings. The van der Waals surface area contributed by atoms with E-state index < -0.39 is 0 Å². The highest BCUT2D eigenvalue weighted by Gasteiger charge is 2.23. The lowest BCUT2D eigenvalue weighted by Gasteiger charge is -2.00. The molecule has 3 rings (SSSR count). The van der Waals surface area contributed by atoms with Gasteiger partial charge in [-0.2, -0.15) is 0 Å². The first-order valence-corrected chi connectivity index (χ1v) is 7.31. The van der Waals surface area contributed by atoms with Crippen LogP contribution in [-0.4, -0.2) is 15.3 Å². The van der Waals surface area contributed by atoms with Gasteiger partial charge in [-0.3, -0.25) is 0 Å². The van der Waals surface area contributed by atoms with E-state index >= 15 is 0 Å². The molecule has 0 atom stereocenters. The van der Waals surface area contributed by atoms with Crippen LogP contribution in [0.25, 0.3) is 11.6 Å². The number of nitrogens with two attached hydrogens (primary N) is 1. The summed E-state index contributed by atoms with van der Waals surface area (Å²) >= 11 is 7.15. The number of halogens is 1. The molecule has 0 amide bonds. The van der Waals surface area contributed by atoms with Gasteiger partial charge in [0, 0.05) is 10.6 Å². The molecular weight excluding hydrogens is 294 g/mol. The van der Waals surface area contributed by atoms with Gasteiger partial charge in [0.25, 0.3) is 0 Å². The standard InChI is InChI=1S/C14H12ClN3OS/c15-10-4-1-8(2-5-10)7-9-3-6-11(12(9)19)13-17-18-14(16)20-13/h1-2,4-5,7,19H,3,6H2,(H2,16,18). The van der Waals surface area contributed by atoms with Crippen molar-refractivity contribution in [3.05, 3.63) is 51.2 Å². The highest BCUT2D eigenvalue weighted by Crippen LogP contribution is 2.38. The summed E-state index contributed by atoms with van der Waals surface area (Å²) in [4.78, 5) is 0. The smallest absolute Gasteiger partial charge is 0.203 e. The monoisotopic (exact) mass is 305 g/mol. The topological polar surface area (TPSA) is 72.0 Å². The number of aliphatic hydroxyl groups is 1. The second-order valence-electron chi connectivity index (χ2n) is 4.49. The normalized spacial score (nSPS) is 17.1. The van der Waals surface area contributed by atoms with Crippen LogP contribution in [0.1, 0.15) is 23.4 Å². The van der Waals surface area contributed by atoms with Gasteiger partial charge in [0.15, 0.2) is 0 Å². The number of nitrogen functional groups attached to an aromatic ring is 1. The summed E-state index contributed by atoms with van der Waals surface area (Å²) in [5, 5.41) is 19.9. The third-order valence-corrected chi connectivity index (χ3v) is 4.21. The Kier molecular flexibility index (Phi) is 3.46. The molecule has 1 aliphatic rings. The summed E-state index contributed by atoms with van der Waals surface area (Å²) in [5.41, 5.74) is 8.30. The lowest BCUT2D eigenvalue weighted by atomic mass is 10.1. The number of aliphatic hydroxyl groups excluding tert-OH is 1. The molecule has 0 bridgehead atoms. The largest absolute Gasteiger partial charge is 0.507 e. The molecule has 0 fully saturated rings. The third kappa shape index (κ3) is 2.55. The Balaban J connectivity index is 1.93. The zero-order valence-corrected chi connectivity index (χ0v) is 12.1. The maximum atomic E-state index is 10.3. The molecule has 0 spiro atoms. The molecule has 102 valence electrons. The minimum Gasteiger partial charge on any atom is -0.507 e. The molecule has 1 heterocycles. The number of anilines is 1. The quantitative estimate of drug-likeness (QED) is 0.882. The Morgan fingerprint density at radius 3 is 2.60 bits per heavy atom. The van der Waals surface area contributed by atoms with Crippen LogP contribution in [0.15, 0.2) is 35.6 Å². The molecule has 0 unspecified atom stereocenters. The molecule has 20 heavy (non-hydrogen) atoms. The summed E-state index contributed by atoms with van der Waals surface area (Å²) < 4.78 is 0. The highest BCUT2D eigenvalue weighted by molar-refractivity contribution is 7.16. The van der Waals surface area contributed by atoms with Crippen molar-refractivity contribution >= 4 is 39.7 Å². The van der Waals surface area contributed by atoms with E-state index in [1.54, 1.807) is 0 Å². The van der Waals surface area contributed by atoms with E-state index in [2.05, 4.69) is 10.2 Å². The fraction of sp³-hybridized carbons (Fsp3) is 0.143. The molecule has 1 aromatic heterocycles. The first-order chi connectivity index (χ1) is 9.63. The average molecular weight is 306 g/mol. The average Bonchev–Trinajstić information content (AvgIpc) is 3.00. The zero-order chi connectivity index (χ0) is 14.1. The number of allylic oxidation sites excluding steroid dienone is 2. The fourth-order valence-electron chi connectivity index (χ4n) is 2.16. The summed E-state index contributed by atoms with van der Waals surface area (Å²) in [6, 6.07) is 7.50. The second kappa shape index (κ2) is 5.26. The second-order valence-corrected chi connectivity index (χ2v) is 5.94. The van der Waals surface area contributed by atoms with Gasteiger partial charge in [-0.1, -0.05) is 35.1 Å². The maximum Gasteiger partial charge on any atom is 0.203 e. The SMILES string of the molecule is Nc1nnc(C2=C(O)C(=Cc3ccc(Cl)cc3)CC2)s1. The van der Waals surface area contributed by atoms with Crippen molar-refractivity contribution in [1.82, 2.24) is 10.2 Å². The van der Waals surface area contributed by atoms with Gasteiger partial charge < -0.3 is 10.8 Å². The number of rotatable bonds is 2. The van der Waals surface area contributed by atoms with Crippen molar-refractivity contribution in [2.75, 3.05) is 5.73 Å². The molecule has 6 heteroatoms. The van der Waals surface area contributed by atoms with Crippen LogP contribution in [0, 0.1) is 0 Å². The number of hydrogen-bond donors (Lipinski definition) is 2. The van der Waals surface area contributed by atoms with E-state index in [1.807, 2.05) is 30.3 Å². The number of nitrogens with zero attached hydrogens (tertiary/aromatic N) is 2. The maximum absolute atomic E-state index is 10.3. The first kappa shape index (κ1) is 13.1. The van der Waals surface area contributed by atoms with Gasteiger partial charge in [0.2, 0.25) is 5.13 Å². The van der Waals surface area contributed by atoms with Crippen LogP contribution in [0.5, 0.6) is 0 Å². The van der Waals surface area contributed by atoms with Crippen LogP contribution in [0.3, 0.4) is 0 Å². The van der Waals surface area contributed by atoms with Crippen molar-refractivity contribution in [2.45, 2.75) is 12.8 Å². The number of benzene rings is 1. The van der Waals surface area contributed by atoms with E-state index in [0.717, 1.165) is 29.6 Å². The van der Waals surface area contributed by atoms with Crippen molar-refractivity contribution < 1.29 is 5.11 Å². The van der Waals surface area contributed by atoms with E-state index in [4.69, 9.17) is 17.3 Å². The third-order valence-electron chi connectivity index (χ3n) is 3.14. The minimum absolute atomic E-state index is 0.288. The van der Waals surface area contributed by atoms with Crippen LogP contribution in [0.2, 0.25) is 5.02 Å². The Morgan fingerprint density at radius 2 is 1.95 bits per heavy atom. The van der Waals surface area contributed by atoms with E-state index in [1.165, 1.54) is 11.3 Å². The summed E-state index contributed by atoms with van der Waals surface area (Å²) in [6.07, 6.45) is 3.49. The Morgan fingerprint density at radius 1 is 1.20 bits per heavy atom. The molecule has 0 saturated heterocycles. The lowest BCUT2D eigenvalue weighted by molar-refractivity contribution is 0.429. The molecule has 0 saturated carbocycles. The Hall–Kier alpha value is -1.85. The van der Waals surface area contributed by atoms with Crippen LogP contribution in [-0.2, 0) is 0 Å². The van der Waals surface area contributed by atoms with Crippen LogP contribution in [0.4, 0.5) is 5.13 Å². The van der Waals surface area contributed by atoms with Gasteiger partial charge in [-0.05, 0) is 42.2 Å². The van der Waals surface area contributed by atoms with E-state index in [-0.39, 0.29) is 5.76 Å². The molecule has 1 aliphatic carbocycles.